The van der Waals surface area contributed by atoms with Crippen LogP contribution in [0.5, 0.6) is 0 Å². The van der Waals surface area contributed by atoms with E-state index < -0.39 is 5.09 Å². The van der Waals surface area contributed by atoms with Gasteiger partial charge in [-0.3, -0.25) is 0 Å². The summed E-state index contributed by atoms with van der Waals surface area (Å²) in [5.41, 5.74) is 0. The normalized spacial score (nSPS) is 8.14. The van der Waals surface area contributed by atoms with Crippen LogP contribution in [0.2, 0.25) is 0 Å². The Morgan fingerprint density at radius 1 is 2.00 bits per heavy atom. The Hall–Kier alpha value is -0.450. The molecule has 0 fully saturated rings. The molecule has 0 aromatic carbocycles. The van der Waals surface area contributed by atoms with Crippen LogP contribution in [-0.2, 0) is 4.28 Å². The summed E-state index contributed by atoms with van der Waals surface area (Å²) >= 11 is 0.817. The zero-order chi connectivity index (χ0) is 5.70. The maximum atomic E-state index is 9.32. The van der Waals surface area contributed by atoms with Crippen LogP contribution in [0.25, 0.3) is 0 Å². The van der Waals surface area contributed by atoms with Crippen LogP contribution in [0.3, 0.4) is 0 Å². The maximum absolute atomic E-state index is 9.32. The van der Waals surface area contributed by atoms with Gasteiger partial charge in [0, 0.05) is 17.8 Å². The second-order valence-electron chi connectivity index (χ2n) is 0.705. The lowest BCUT2D eigenvalue weighted by Crippen LogP contribution is -1.91. The Labute approximate surface area is 45.2 Å². The summed E-state index contributed by atoms with van der Waals surface area (Å²) in [6.45, 7) is 1.77. The van der Waals surface area contributed by atoms with Crippen LogP contribution in [0.15, 0.2) is 0 Å². The number of rotatable bonds is 3. The number of nitrogens with zero attached hydrogens (tertiary/aromatic N) is 1. The fraction of sp³-hybridized carbons (Fsp3) is 1.00. The van der Waals surface area contributed by atoms with E-state index in [9.17, 15) is 10.1 Å². The molecule has 0 aromatic heterocycles. The average Bonchev–Trinajstić information content (AvgIpc) is 1.61. The maximum Gasteiger partial charge on any atom is 0.306 e. The molecule has 0 saturated carbocycles. The van der Waals surface area contributed by atoms with E-state index >= 15 is 0 Å². The second-order valence-corrected chi connectivity index (χ2v) is 1.67. The van der Waals surface area contributed by atoms with Crippen molar-refractivity contribution in [2.24, 2.45) is 0 Å². The molecule has 0 rings (SSSR count). The van der Waals surface area contributed by atoms with Crippen molar-refractivity contribution in [2.45, 2.75) is 6.92 Å². The highest BCUT2D eigenvalue weighted by atomic mass is 32.2. The summed E-state index contributed by atoms with van der Waals surface area (Å²) in [7, 11) is 0. The monoisotopic (exact) mass is 123 g/mol. The van der Waals surface area contributed by atoms with Crippen molar-refractivity contribution in [1.29, 1.82) is 0 Å². The minimum Gasteiger partial charge on any atom is -0.242 e. The largest absolute Gasteiger partial charge is 0.306 e. The molecule has 0 spiro atoms. The Morgan fingerprint density at radius 2 is 2.57 bits per heavy atom. The van der Waals surface area contributed by atoms with E-state index in [4.69, 9.17) is 0 Å². The molecular weight excluding hydrogens is 118 g/mol. The third-order valence-corrected chi connectivity index (χ3v) is 0.694. The molecule has 0 amide bonds. The molecule has 0 aliphatic rings. The smallest absolute Gasteiger partial charge is 0.242 e. The number of hydrogen-bond acceptors (Lipinski definition) is 4. The molecule has 0 unspecified atom stereocenters. The molecule has 0 atom stereocenters. The van der Waals surface area contributed by atoms with Gasteiger partial charge in [0.05, 0.1) is 0 Å². The summed E-state index contributed by atoms with van der Waals surface area (Å²) < 4.78 is 3.83. The third kappa shape index (κ3) is 5.55. The van der Waals surface area contributed by atoms with E-state index in [1.54, 1.807) is 6.92 Å². The molecule has 4 nitrogen and oxygen atoms in total. The fourth-order valence-electron chi connectivity index (χ4n) is 0.0957. The van der Waals surface area contributed by atoms with E-state index in [0.29, 0.717) is 5.75 Å². The summed E-state index contributed by atoms with van der Waals surface area (Å²) in [6, 6.07) is 0. The van der Waals surface area contributed by atoms with Crippen LogP contribution in [0.4, 0.5) is 0 Å². The van der Waals surface area contributed by atoms with Crippen LogP contribution in [0, 0.1) is 10.1 Å². The highest BCUT2D eigenvalue weighted by molar-refractivity contribution is 7.94. The predicted molar refractivity (Wildman–Crippen MR) is 26.2 cm³/mol. The highest BCUT2D eigenvalue weighted by Gasteiger charge is 1.89. The van der Waals surface area contributed by atoms with E-state index in [1.807, 2.05) is 0 Å². The van der Waals surface area contributed by atoms with Gasteiger partial charge in [0.1, 0.15) is 0 Å². The minimum absolute atomic E-state index is 0.598. The standard InChI is InChI=1S/C2H5NO3S/c1-2-7-6-3(4)5/h2H2,1H3. The van der Waals surface area contributed by atoms with Crippen LogP contribution in [0.1, 0.15) is 6.92 Å². The zero-order valence-electron chi connectivity index (χ0n) is 3.79. The topological polar surface area (TPSA) is 52.4 Å². The van der Waals surface area contributed by atoms with Gasteiger partial charge >= 0.3 is 5.09 Å². The van der Waals surface area contributed by atoms with Crippen molar-refractivity contribution in [2.75, 3.05) is 5.75 Å². The first-order valence-electron chi connectivity index (χ1n) is 1.71. The predicted octanol–water partition coefficient (Wildman–Crippen LogP) is 0.863. The first-order chi connectivity index (χ1) is 3.27. The van der Waals surface area contributed by atoms with Gasteiger partial charge in [0.2, 0.25) is 0 Å². The fourth-order valence-corrected chi connectivity index (χ4v) is 0.287. The molecule has 0 aliphatic heterocycles. The van der Waals surface area contributed by atoms with Gasteiger partial charge in [-0.15, -0.1) is 10.1 Å². The van der Waals surface area contributed by atoms with Crippen LogP contribution < -0.4 is 0 Å². The van der Waals surface area contributed by atoms with E-state index in [0.717, 1.165) is 12.0 Å². The Morgan fingerprint density at radius 3 is 2.71 bits per heavy atom. The summed E-state index contributed by atoms with van der Waals surface area (Å²) in [4.78, 5) is 9.32. The van der Waals surface area contributed by atoms with Gasteiger partial charge in [-0.2, -0.15) is 0 Å². The van der Waals surface area contributed by atoms with Crippen LogP contribution in [-0.4, -0.2) is 10.8 Å². The van der Waals surface area contributed by atoms with Crippen molar-refractivity contribution < 1.29 is 9.37 Å². The third-order valence-electron chi connectivity index (χ3n) is 0.231. The molecule has 0 bridgehead atoms. The van der Waals surface area contributed by atoms with E-state index in [-0.39, 0.29) is 0 Å². The summed E-state index contributed by atoms with van der Waals surface area (Å²) in [5.74, 6) is 0.598. The highest BCUT2D eigenvalue weighted by Crippen LogP contribution is 1.98. The first kappa shape index (κ1) is 6.55. The van der Waals surface area contributed by atoms with Crippen LogP contribution >= 0.6 is 12.0 Å². The molecular formula is C2H5NO3S. The quantitative estimate of drug-likeness (QED) is 0.317. The summed E-state index contributed by atoms with van der Waals surface area (Å²) in [6.07, 6.45) is 0. The lowest BCUT2D eigenvalue weighted by molar-refractivity contribution is -0.707. The Kier molecular flexibility index (Phi) is 3.49. The van der Waals surface area contributed by atoms with Crippen molar-refractivity contribution >= 4 is 12.0 Å². The average molecular weight is 123 g/mol. The molecule has 5 heteroatoms. The second kappa shape index (κ2) is 3.73. The summed E-state index contributed by atoms with van der Waals surface area (Å²) in [5, 5.41) is 8.50. The van der Waals surface area contributed by atoms with E-state index in [1.165, 1.54) is 0 Å². The van der Waals surface area contributed by atoms with Gasteiger partial charge in [0.15, 0.2) is 0 Å². The van der Waals surface area contributed by atoms with Gasteiger partial charge in [-0.1, -0.05) is 6.92 Å². The zero-order valence-corrected chi connectivity index (χ0v) is 4.60. The van der Waals surface area contributed by atoms with Crippen molar-refractivity contribution in [1.82, 2.24) is 0 Å². The molecule has 0 saturated heterocycles. The van der Waals surface area contributed by atoms with Gasteiger partial charge in [-0.05, 0) is 0 Å². The minimum atomic E-state index is -0.825. The van der Waals surface area contributed by atoms with Gasteiger partial charge < -0.3 is 0 Å². The molecule has 0 radical (unpaired) electrons. The van der Waals surface area contributed by atoms with Gasteiger partial charge in [0.25, 0.3) is 0 Å². The first-order valence-corrected chi connectivity index (χ1v) is 2.62. The molecule has 0 aromatic rings. The Bertz CT molecular complexity index is 66.0. The lowest BCUT2D eigenvalue weighted by Gasteiger charge is -1.87. The van der Waals surface area contributed by atoms with Crippen molar-refractivity contribution in [3.8, 4) is 0 Å². The number of hydrogen-bond donors (Lipinski definition) is 0. The molecule has 7 heavy (non-hydrogen) atoms. The SMILES string of the molecule is CCSO[N+](=O)[O-]. The van der Waals surface area contributed by atoms with Crippen molar-refractivity contribution in [3.05, 3.63) is 10.1 Å². The molecule has 0 aliphatic carbocycles. The molecule has 0 N–H and O–H groups in total. The lowest BCUT2D eigenvalue weighted by atomic mass is 11.0. The van der Waals surface area contributed by atoms with Crippen molar-refractivity contribution in [3.63, 3.8) is 0 Å². The molecule has 0 heterocycles. The molecule has 42 valence electrons. The van der Waals surface area contributed by atoms with E-state index in [2.05, 4.69) is 4.28 Å². The van der Waals surface area contributed by atoms with Gasteiger partial charge in [-0.25, -0.2) is 4.28 Å². The Balaban J connectivity index is 2.82.